The maximum atomic E-state index is 11.5. The molecule has 0 spiro atoms. The monoisotopic (exact) mass is 357 g/mol. The van der Waals surface area contributed by atoms with Crippen LogP contribution in [0.5, 0.6) is 11.5 Å². The van der Waals surface area contributed by atoms with Crippen LogP contribution in [-0.2, 0) is 16.0 Å². The largest absolute Gasteiger partial charge is 0.493 e. The highest BCUT2D eigenvalue weighted by Crippen LogP contribution is 2.36. The van der Waals surface area contributed by atoms with Crippen LogP contribution >= 0.6 is 11.6 Å². The van der Waals surface area contributed by atoms with Gasteiger partial charge >= 0.3 is 5.97 Å². The van der Waals surface area contributed by atoms with Crippen molar-refractivity contribution < 1.29 is 24.2 Å². The Kier molecular flexibility index (Phi) is 9.01. The number of aliphatic carboxylic acids is 1. The third kappa shape index (κ3) is 7.08. The molecule has 0 radical (unpaired) electrons. The van der Waals surface area contributed by atoms with Crippen molar-refractivity contribution in [3.63, 3.8) is 0 Å². The van der Waals surface area contributed by atoms with Gasteiger partial charge in [0.25, 0.3) is 0 Å². The van der Waals surface area contributed by atoms with Crippen molar-refractivity contribution in [2.24, 2.45) is 0 Å². The predicted molar refractivity (Wildman–Crippen MR) is 92.0 cm³/mol. The molecule has 6 nitrogen and oxygen atoms in total. The van der Waals surface area contributed by atoms with Crippen LogP contribution < -0.4 is 14.8 Å². The lowest BCUT2D eigenvalue weighted by molar-refractivity contribution is -0.138. The molecule has 7 heteroatoms. The lowest BCUT2D eigenvalue weighted by atomic mass is 10.1. The van der Waals surface area contributed by atoms with Crippen molar-refractivity contribution in [2.45, 2.75) is 39.0 Å². The first kappa shape index (κ1) is 20.1. The second-order valence-electron chi connectivity index (χ2n) is 5.30. The minimum atomic E-state index is -0.986. The van der Waals surface area contributed by atoms with Crippen LogP contribution in [-0.4, -0.2) is 37.2 Å². The van der Waals surface area contributed by atoms with Gasteiger partial charge in [-0.2, -0.15) is 0 Å². The van der Waals surface area contributed by atoms with E-state index in [2.05, 4.69) is 12.2 Å². The zero-order chi connectivity index (χ0) is 17.9. The minimum absolute atomic E-state index is 0.0242. The molecule has 1 aromatic carbocycles. The highest BCUT2D eigenvalue weighted by molar-refractivity contribution is 6.32. The van der Waals surface area contributed by atoms with Crippen molar-refractivity contribution >= 4 is 23.5 Å². The Hall–Kier alpha value is -1.95. The summed E-state index contributed by atoms with van der Waals surface area (Å²) in [6.07, 6.45) is 2.33. The molecular formula is C17H24ClNO5. The number of halogens is 1. The molecule has 0 heterocycles. The van der Waals surface area contributed by atoms with Crippen LogP contribution in [0.1, 0.15) is 38.2 Å². The van der Waals surface area contributed by atoms with Gasteiger partial charge < -0.3 is 19.9 Å². The van der Waals surface area contributed by atoms with E-state index < -0.39 is 5.97 Å². The van der Waals surface area contributed by atoms with Crippen molar-refractivity contribution in [1.29, 1.82) is 0 Å². The molecule has 0 atom stereocenters. The fourth-order valence-corrected chi connectivity index (χ4v) is 2.32. The van der Waals surface area contributed by atoms with E-state index in [1.54, 1.807) is 13.2 Å². The number of hydrogen-bond acceptors (Lipinski definition) is 4. The summed E-state index contributed by atoms with van der Waals surface area (Å²) < 4.78 is 11.0. The SMILES string of the molecule is CCCCOc1c(Cl)cc(CCNC(=O)CCC(=O)O)cc1OC. The molecule has 0 aliphatic rings. The molecule has 0 bridgehead atoms. The Labute approximate surface area is 147 Å². The smallest absolute Gasteiger partial charge is 0.303 e. The molecule has 24 heavy (non-hydrogen) atoms. The Morgan fingerprint density at radius 1 is 1.29 bits per heavy atom. The van der Waals surface area contributed by atoms with Gasteiger partial charge in [0, 0.05) is 13.0 Å². The van der Waals surface area contributed by atoms with Crippen LogP contribution in [0, 0.1) is 0 Å². The molecule has 0 aliphatic heterocycles. The molecule has 0 saturated heterocycles. The minimum Gasteiger partial charge on any atom is -0.493 e. The first-order chi connectivity index (χ1) is 11.5. The van der Waals surface area contributed by atoms with E-state index in [-0.39, 0.29) is 18.7 Å². The number of methoxy groups -OCH3 is 1. The molecule has 1 aromatic rings. The van der Waals surface area contributed by atoms with Gasteiger partial charge in [-0.15, -0.1) is 0 Å². The first-order valence-electron chi connectivity index (χ1n) is 7.95. The van der Waals surface area contributed by atoms with E-state index in [1.165, 1.54) is 0 Å². The third-order valence-electron chi connectivity index (χ3n) is 3.34. The highest BCUT2D eigenvalue weighted by Gasteiger charge is 2.12. The summed E-state index contributed by atoms with van der Waals surface area (Å²) >= 11 is 6.26. The summed E-state index contributed by atoms with van der Waals surface area (Å²) in [4.78, 5) is 21.9. The Morgan fingerprint density at radius 2 is 2.04 bits per heavy atom. The Morgan fingerprint density at radius 3 is 2.67 bits per heavy atom. The molecule has 0 aromatic heterocycles. The zero-order valence-electron chi connectivity index (χ0n) is 14.1. The molecular weight excluding hydrogens is 334 g/mol. The molecule has 0 unspecified atom stereocenters. The van der Waals surface area contributed by atoms with Crippen LogP contribution in [0.4, 0.5) is 0 Å². The maximum Gasteiger partial charge on any atom is 0.303 e. The standard InChI is InChI=1S/C17H24ClNO5/c1-3-4-9-24-17-13(18)10-12(11-14(17)23-2)7-8-19-15(20)5-6-16(21)22/h10-11H,3-9H2,1-2H3,(H,19,20)(H,21,22). The van der Waals surface area contributed by atoms with E-state index >= 15 is 0 Å². The second kappa shape index (κ2) is 10.8. The van der Waals surface area contributed by atoms with Crippen LogP contribution in [0.3, 0.4) is 0 Å². The number of carbonyl (C=O) groups is 2. The molecule has 1 amide bonds. The average molecular weight is 358 g/mol. The second-order valence-corrected chi connectivity index (χ2v) is 5.71. The van der Waals surface area contributed by atoms with E-state index in [9.17, 15) is 9.59 Å². The summed E-state index contributed by atoms with van der Waals surface area (Å²) in [5, 5.41) is 11.7. The molecule has 134 valence electrons. The van der Waals surface area contributed by atoms with Crippen LogP contribution in [0.2, 0.25) is 5.02 Å². The highest BCUT2D eigenvalue weighted by atomic mass is 35.5. The third-order valence-corrected chi connectivity index (χ3v) is 3.62. The van der Waals surface area contributed by atoms with Gasteiger partial charge in [0.15, 0.2) is 11.5 Å². The summed E-state index contributed by atoms with van der Waals surface area (Å²) in [6.45, 7) is 3.05. The predicted octanol–water partition coefficient (Wildman–Crippen LogP) is 3.05. The molecule has 0 fully saturated rings. The van der Waals surface area contributed by atoms with Gasteiger partial charge in [0.1, 0.15) is 0 Å². The number of carbonyl (C=O) groups excluding carboxylic acids is 1. The van der Waals surface area contributed by atoms with E-state index in [0.717, 1.165) is 18.4 Å². The molecule has 0 saturated carbocycles. The zero-order valence-corrected chi connectivity index (χ0v) is 14.8. The number of hydrogen-bond donors (Lipinski definition) is 2. The van der Waals surface area contributed by atoms with Crippen molar-refractivity contribution in [1.82, 2.24) is 5.32 Å². The van der Waals surface area contributed by atoms with E-state index in [0.29, 0.717) is 36.1 Å². The topological polar surface area (TPSA) is 84.9 Å². The quantitative estimate of drug-likeness (QED) is 0.594. The molecule has 0 aliphatic carbocycles. The lowest BCUT2D eigenvalue weighted by Crippen LogP contribution is -2.26. The van der Waals surface area contributed by atoms with Gasteiger partial charge in [0.05, 0.1) is 25.2 Å². The number of rotatable bonds is 11. The summed E-state index contributed by atoms with van der Waals surface area (Å²) in [7, 11) is 1.55. The fourth-order valence-electron chi connectivity index (χ4n) is 2.03. The number of unbranched alkanes of at least 4 members (excludes halogenated alkanes) is 1. The Bertz CT molecular complexity index is 562. The van der Waals surface area contributed by atoms with Gasteiger partial charge in [-0.1, -0.05) is 24.9 Å². The number of nitrogens with one attached hydrogen (secondary N) is 1. The average Bonchev–Trinajstić information content (AvgIpc) is 2.54. The van der Waals surface area contributed by atoms with Crippen molar-refractivity contribution in [3.05, 3.63) is 22.7 Å². The van der Waals surface area contributed by atoms with Crippen LogP contribution in [0.25, 0.3) is 0 Å². The summed E-state index contributed by atoms with van der Waals surface area (Å²) in [5.41, 5.74) is 0.901. The van der Waals surface area contributed by atoms with Crippen molar-refractivity contribution in [3.8, 4) is 11.5 Å². The van der Waals surface area contributed by atoms with Crippen molar-refractivity contribution in [2.75, 3.05) is 20.3 Å². The van der Waals surface area contributed by atoms with E-state index in [1.807, 2.05) is 6.07 Å². The number of benzene rings is 1. The summed E-state index contributed by atoms with van der Waals surface area (Å²) in [6, 6.07) is 3.62. The number of amides is 1. The van der Waals surface area contributed by atoms with Gasteiger partial charge in [-0.3, -0.25) is 9.59 Å². The van der Waals surface area contributed by atoms with E-state index in [4.69, 9.17) is 26.2 Å². The van der Waals surface area contributed by atoms with Gasteiger partial charge in [-0.05, 0) is 30.5 Å². The molecule has 2 N–H and O–H groups in total. The number of carboxylic acid groups (broad SMARTS) is 1. The van der Waals surface area contributed by atoms with Crippen LogP contribution in [0.15, 0.2) is 12.1 Å². The van der Waals surface area contributed by atoms with Gasteiger partial charge in [-0.25, -0.2) is 0 Å². The number of carboxylic acids is 1. The van der Waals surface area contributed by atoms with Gasteiger partial charge in [0.2, 0.25) is 5.91 Å². The normalized spacial score (nSPS) is 10.3. The number of ether oxygens (including phenoxy) is 2. The molecule has 1 rings (SSSR count). The first-order valence-corrected chi connectivity index (χ1v) is 8.33. The fraction of sp³-hybridized carbons (Fsp3) is 0.529. The maximum absolute atomic E-state index is 11.5. The Balaban J connectivity index is 2.58. The summed E-state index contributed by atoms with van der Waals surface area (Å²) in [5.74, 6) is -0.178. The lowest BCUT2D eigenvalue weighted by Gasteiger charge is -2.14.